The normalized spacial score (nSPS) is 15.5. The summed E-state index contributed by atoms with van der Waals surface area (Å²) in [5.74, 6) is 0.206. The van der Waals surface area contributed by atoms with E-state index in [-0.39, 0.29) is 5.91 Å². The van der Waals surface area contributed by atoms with Crippen molar-refractivity contribution in [2.24, 2.45) is 0 Å². The van der Waals surface area contributed by atoms with Crippen molar-refractivity contribution in [1.82, 2.24) is 14.8 Å². The number of nitrogens with zero attached hydrogens (tertiary/aromatic N) is 2. The Morgan fingerprint density at radius 3 is 2.65 bits per heavy atom. The number of fused-ring (bicyclic) bond motifs is 1. The van der Waals surface area contributed by atoms with Crippen LogP contribution < -0.4 is 0 Å². The van der Waals surface area contributed by atoms with Crippen LogP contribution in [0, 0.1) is 0 Å². The molecule has 0 spiro atoms. The number of nitrogens with one attached hydrogen (secondary N) is 1. The molecule has 4 rings (SSSR count). The Morgan fingerprint density at radius 1 is 1.04 bits per heavy atom. The molecule has 1 saturated heterocycles. The van der Waals surface area contributed by atoms with Crippen LogP contribution in [-0.2, 0) is 17.8 Å². The standard InChI is InChI=1S/C21H22ClN3O/c22-18-5-3-4-16(12-18)15-24-8-10-25(11-9-24)21(26)13-17-14-23-20-7-2-1-6-19(17)20/h1-7,12,14,23H,8-11,13,15H2. The molecule has 4 nitrogen and oxygen atoms in total. The lowest BCUT2D eigenvalue weighted by Crippen LogP contribution is -2.48. The zero-order valence-corrected chi connectivity index (χ0v) is 15.4. The fraction of sp³-hybridized carbons (Fsp3) is 0.286. The highest BCUT2D eigenvalue weighted by molar-refractivity contribution is 6.30. The second-order valence-corrected chi connectivity index (χ2v) is 7.26. The average molecular weight is 368 g/mol. The summed E-state index contributed by atoms with van der Waals surface area (Å²) in [5.41, 5.74) is 3.38. The summed E-state index contributed by atoms with van der Waals surface area (Å²) in [6.07, 6.45) is 2.41. The quantitative estimate of drug-likeness (QED) is 0.763. The van der Waals surface area contributed by atoms with E-state index in [2.05, 4.69) is 22.0 Å². The third kappa shape index (κ3) is 3.76. The lowest BCUT2D eigenvalue weighted by molar-refractivity contribution is -0.132. The molecule has 134 valence electrons. The summed E-state index contributed by atoms with van der Waals surface area (Å²) < 4.78 is 0. The van der Waals surface area contributed by atoms with E-state index in [0.717, 1.165) is 54.2 Å². The molecule has 1 N–H and O–H groups in total. The zero-order chi connectivity index (χ0) is 17.9. The number of para-hydroxylation sites is 1. The molecule has 3 aromatic rings. The number of hydrogen-bond acceptors (Lipinski definition) is 2. The van der Waals surface area contributed by atoms with Crippen LogP contribution in [0.4, 0.5) is 0 Å². The van der Waals surface area contributed by atoms with E-state index in [1.807, 2.05) is 47.5 Å². The van der Waals surface area contributed by atoms with Gasteiger partial charge in [0, 0.05) is 54.8 Å². The number of amides is 1. The fourth-order valence-electron chi connectivity index (χ4n) is 3.60. The SMILES string of the molecule is O=C(Cc1c[nH]c2ccccc12)N1CCN(Cc2cccc(Cl)c2)CC1. The maximum Gasteiger partial charge on any atom is 0.227 e. The van der Waals surface area contributed by atoms with Gasteiger partial charge < -0.3 is 9.88 Å². The van der Waals surface area contributed by atoms with Gasteiger partial charge in [0.25, 0.3) is 0 Å². The maximum atomic E-state index is 12.7. The molecule has 5 heteroatoms. The number of aromatic nitrogens is 1. The molecule has 0 atom stereocenters. The van der Waals surface area contributed by atoms with Gasteiger partial charge in [-0.1, -0.05) is 41.9 Å². The summed E-state index contributed by atoms with van der Waals surface area (Å²) in [4.78, 5) is 20.3. The van der Waals surface area contributed by atoms with Crippen molar-refractivity contribution in [2.45, 2.75) is 13.0 Å². The van der Waals surface area contributed by atoms with Gasteiger partial charge >= 0.3 is 0 Å². The molecule has 2 heterocycles. The van der Waals surface area contributed by atoms with Gasteiger partial charge in [-0.25, -0.2) is 0 Å². The van der Waals surface area contributed by atoms with Crippen LogP contribution in [0.1, 0.15) is 11.1 Å². The Morgan fingerprint density at radius 2 is 1.85 bits per heavy atom. The summed E-state index contributed by atoms with van der Waals surface area (Å²) in [7, 11) is 0. The minimum Gasteiger partial charge on any atom is -0.361 e. The van der Waals surface area contributed by atoms with Crippen LogP contribution >= 0.6 is 11.6 Å². The second kappa shape index (κ2) is 7.52. The summed E-state index contributed by atoms with van der Waals surface area (Å²) in [6.45, 7) is 4.23. The summed E-state index contributed by atoms with van der Waals surface area (Å²) >= 11 is 6.06. The van der Waals surface area contributed by atoms with Crippen LogP contribution in [0.15, 0.2) is 54.7 Å². The lowest BCUT2D eigenvalue weighted by Gasteiger charge is -2.34. The smallest absolute Gasteiger partial charge is 0.227 e. The van der Waals surface area contributed by atoms with Crippen molar-refractivity contribution in [1.29, 1.82) is 0 Å². The van der Waals surface area contributed by atoms with Gasteiger partial charge in [0.15, 0.2) is 0 Å². The lowest BCUT2D eigenvalue weighted by atomic mass is 10.1. The second-order valence-electron chi connectivity index (χ2n) is 6.82. The predicted octanol–water partition coefficient (Wildman–Crippen LogP) is 3.71. The van der Waals surface area contributed by atoms with Gasteiger partial charge in [-0.3, -0.25) is 9.69 Å². The molecule has 1 fully saturated rings. The maximum absolute atomic E-state index is 12.7. The Balaban J connectivity index is 1.33. The van der Waals surface area contributed by atoms with Crippen LogP contribution in [0.25, 0.3) is 10.9 Å². The average Bonchev–Trinajstić information content (AvgIpc) is 3.05. The molecule has 1 aliphatic heterocycles. The van der Waals surface area contributed by atoms with Crippen LogP contribution in [0.2, 0.25) is 5.02 Å². The first-order valence-corrected chi connectivity index (χ1v) is 9.36. The van der Waals surface area contributed by atoms with Gasteiger partial charge in [-0.2, -0.15) is 0 Å². The first-order chi connectivity index (χ1) is 12.7. The number of aromatic amines is 1. The van der Waals surface area contributed by atoms with Gasteiger partial charge in [0.05, 0.1) is 6.42 Å². The highest BCUT2D eigenvalue weighted by Gasteiger charge is 2.22. The Hall–Kier alpha value is -2.30. The number of rotatable bonds is 4. The highest BCUT2D eigenvalue weighted by Crippen LogP contribution is 2.19. The molecule has 1 amide bonds. The van der Waals surface area contributed by atoms with E-state index >= 15 is 0 Å². The molecule has 0 unspecified atom stereocenters. The number of halogens is 1. The fourth-order valence-corrected chi connectivity index (χ4v) is 3.81. The van der Waals surface area contributed by atoms with E-state index in [1.54, 1.807) is 0 Å². The number of benzene rings is 2. The number of H-pyrrole nitrogens is 1. The molecular formula is C21H22ClN3O. The molecule has 1 aliphatic rings. The summed E-state index contributed by atoms with van der Waals surface area (Å²) in [5, 5.41) is 1.91. The summed E-state index contributed by atoms with van der Waals surface area (Å²) in [6, 6.07) is 16.1. The largest absolute Gasteiger partial charge is 0.361 e. The molecule has 2 aromatic carbocycles. The Labute approximate surface area is 158 Å². The molecule has 0 aliphatic carbocycles. The van der Waals surface area contributed by atoms with E-state index in [4.69, 9.17) is 11.6 Å². The van der Waals surface area contributed by atoms with E-state index in [9.17, 15) is 4.79 Å². The third-order valence-corrected chi connectivity index (χ3v) is 5.27. The minimum atomic E-state index is 0.206. The molecule has 0 saturated carbocycles. The van der Waals surface area contributed by atoms with Crippen molar-refractivity contribution in [3.05, 3.63) is 70.9 Å². The van der Waals surface area contributed by atoms with Crippen molar-refractivity contribution < 1.29 is 4.79 Å². The number of carbonyl (C=O) groups is 1. The van der Waals surface area contributed by atoms with Crippen molar-refractivity contribution in [3.63, 3.8) is 0 Å². The Kier molecular flexibility index (Phi) is 4.96. The van der Waals surface area contributed by atoms with Crippen molar-refractivity contribution in [2.75, 3.05) is 26.2 Å². The first-order valence-electron chi connectivity index (χ1n) is 8.98. The third-order valence-electron chi connectivity index (χ3n) is 5.04. The minimum absolute atomic E-state index is 0.206. The van der Waals surface area contributed by atoms with E-state index in [1.165, 1.54) is 5.56 Å². The monoisotopic (exact) mass is 367 g/mol. The van der Waals surface area contributed by atoms with Crippen LogP contribution in [-0.4, -0.2) is 46.9 Å². The topological polar surface area (TPSA) is 39.3 Å². The molecule has 26 heavy (non-hydrogen) atoms. The van der Waals surface area contributed by atoms with Gasteiger partial charge in [-0.05, 0) is 29.3 Å². The molecule has 0 bridgehead atoms. The highest BCUT2D eigenvalue weighted by atomic mass is 35.5. The Bertz CT molecular complexity index is 912. The van der Waals surface area contributed by atoms with E-state index < -0.39 is 0 Å². The van der Waals surface area contributed by atoms with Crippen LogP contribution in [0.3, 0.4) is 0 Å². The zero-order valence-electron chi connectivity index (χ0n) is 14.6. The van der Waals surface area contributed by atoms with Crippen LogP contribution in [0.5, 0.6) is 0 Å². The number of hydrogen-bond donors (Lipinski definition) is 1. The molecule has 0 radical (unpaired) electrons. The van der Waals surface area contributed by atoms with Gasteiger partial charge in [-0.15, -0.1) is 0 Å². The van der Waals surface area contributed by atoms with Crippen molar-refractivity contribution in [3.8, 4) is 0 Å². The number of carbonyl (C=O) groups excluding carboxylic acids is 1. The van der Waals surface area contributed by atoms with Gasteiger partial charge in [0.1, 0.15) is 0 Å². The predicted molar refractivity (Wildman–Crippen MR) is 105 cm³/mol. The molecular weight excluding hydrogens is 346 g/mol. The van der Waals surface area contributed by atoms with E-state index in [0.29, 0.717) is 6.42 Å². The first kappa shape index (κ1) is 17.1. The number of piperazine rings is 1. The van der Waals surface area contributed by atoms with Gasteiger partial charge in [0.2, 0.25) is 5.91 Å². The van der Waals surface area contributed by atoms with Crippen molar-refractivity contribution >= 4 is 28.4 Å². The molecule has 1 aromatic heterocycles.